The molecule has 4 aromatic rings. The third-order valence-electron chi connectivity index (χ3n) is 8.23. The number of H-pyrrole nitrogens is 1. The number of amides is 2. The van der Waals surface area contributed by atoms with Gasteiger partial charge >= 0.3 is 0 Å². The molecule has 0 aliphatic carbocycles. The number of hydrogen-bond acceptors (Lipinski definition) is 8. The molecule has 46 heavy (non-hydrogen) atoms. The van der Waals surface area contributed by atoms with Gasteiger partial charge in [0.25, 0.3) is 17.6 Å². The summed E-state index contributed by atoms with van der Waals surface area (Å²) in [5.74, 6) is -0.0603. The molecule has 1 aromatic carbocycles. The van der Waals surface area contributed by atoms with E-state index in [2.05, 4.69) is 40.8 Å². The number of nitrogens with zero attached hydrogens (tertiary/aromatic N) is 6. The number of nitrogens with one attached hydrogen (secondary N) is 1. The predicted octanol–water partition coefficient (Wildman–Crippen LogP) is 4.76. The van der Waals surface area contributed by atoms with Crippen molar-refractivity contribution in [2.45, 2.75) is 72.0 Å². The van der Waals surface area contributed by atoms with Crippen LogP contribution in [-0.2, 0) is 9.53 Å². The van der Waals surface area contributed by atoms with E-state index in [0.717, 1.165) is 12.8 Å². The fourth-order valence-electron chi connectivity index (χ4n) is 5.71. The lowest BCUT2D eigenvalue weighted by Gasteiger charge is -2.34. The van der Waals surface area contributed by atoms with E-state index in [1.54, 1.807) is 36.5 Å². The summed E-state index contributed by atoms with van der Waals surface area (Å²) in [5, 5.41) is 4.83. The Morgan fingerprint density at radius 3 is 2.28 bits per heavy atom. The van der Waals surface area contributed by atoms with Gasteiger partial charge in [0.1, 0.15) is 23.5 Å². The van der Waals surface area contributed by atoms with Crippen LogP contribution in [0, 0.1) is 6.92 Å². The Labute approximate surface area is 269 Å². The number of carbonyl (C=O) groups is 3. The maximum atomic E-state index is 13.8. The molecule has 1 N–H and O–H groups in total. The highest BCUT2D eigenvalue weighted by atomic mass is 16.5. The molecule has 2 amide bonds. The Hall–Kier alpha value is -4.58. The zero-order valence-corrected chi connectivity index (χ0v) is 27.5. The first kappa shape index (κ1) is 32.8. The number of hydrogen-bond donors (Lipinski definition) is 1. The van der Waals surface area contributed by atoms with Gasteiger partial charge in [0.15, 0.2) is 5.82 Å². The number of piperazine rings is 1. The Balaban J connectivity index is 1.38. The topological polar surface area (TPSA) is 136 Å². The molecule has 12 nitrogen and oxygen atoms in total. The summed E-state index contributed by atoms with van der Waals surface area (Å²) in [7, 11) is 0. The molecular formula is C34H43N7O5. The molecule has 12 heteroatoms. The minimum Gasteiger partial charge on any atom is -0.485 e. The van der Waals surface area contributed by atoms with Crippen molar-refractivity contribution in [2.24, 2.45) is 0 Å². The molecule has 3 aromatic heterocycles. The molecule has 0 saturated carbocycles. The average Bonchev–Trinajstić information content (AvgIpc) is 3.67. The number of ether oxygens (including phenoxy) is 2. The van der Waals surface area contributed by atoms with Crippen LogP contribution in [0.1, 0.15) is 80.4 Å². The van der Waals surface area contributed by atoms with Crippen LogP contribution in [0.25, 0.3) is 16.7 Å². The Bertz CT molecular complexity index is 1700. The number of benzene rings is 1. The molecule has 5 rings (SSSR count). The Morgan fingerprint density at radius 2 is 1.63 bits per heavy atom. The first-order valence-electron chi connectivity index (χ1n) is 15.8. The number of Topliss-reactive ketones (excluding diaryl/α,β-unsaturated/α-hetero) is 1. The maximum Gasteiger partial charge on any atom is 0.295 e. The van der Waals surface area contributed by atoms with Crippen LogP contribution in [0.5, 0.6) is 5.75 Å². The van der Waals surface area contributed by atoms with Gasteiger partial charge in [-0.15, -0.1) is 0 Å². The fourth-order valence-corrected chi connectivity index (χ4v) is 5.71. The number of fused-ring (bicyclic) bond motifs is 1. The van der Waals surface area contributed by atoms with Gasteiger partial charge in [-0.3, -0.25) is 14.4 Å². The zero-order chi connectivity index (χ0) is 33.1. The summed E-state index contributed by atoms with van der Waals surface area (Å²) in [6.45, 7) is 13.6. The molecule has 0 spiro atoms. The minimum atomic E-state index is -0.675. The van der Waals surface area contributed by atoms with Crippen molar-refractivity contribution >= 4 is 28.5 Å². The van der Waals surface area contributed by atoms with Crippen LogP contribution in [0.3, 0.4) is 0 Å². The highest BCUT2D eigenvalue weighted by Crippen LogP contribution is 2.35. The third-order valence-corrected chi connectivity index (χ3v) is 8.23. The van der Waals surface area contributed by atoms with E-state index in [0.29, 0.717) is 60.0 Å². The molecule has 244 valence electrons. The first-order chi connectivity index (χ1) is 21.9. The smallest absolute Gasteiger partial charge is 0.295 e. The Morgan fingerprint density at radius 1 is 0.935 bits per heavy atom. The van der Waals surface area contributed by atoms with Crippen LogP contribution >= 0.6 is 0 Å². The Kier molecular flexibility index (Phi) is 9.57. The molecule has 1 fully saturated rings. The molecule has 0 atom stereocenters. The van der Waals surface area contributed by atoms with Crippen LogP contribution < -0.4 is 4.74 Å². The number of aryl methyl sites for hydroxylation is 1. The minimum absolute atomic E-state index is 0.0947. The zero-order valence-electron chi connectivity index (χ0n) is 27.5. The summed E-state index contributed by atoms with van der Waals surface area (Å²) in [6.07, 6.45) is 7.18. The molecule has 0 unspecified atom stereocenters. The summed E-state index contributed by atoms with van der Waals surface area (Å²) in [4.78, 5) is 55.5. The lowest BCUT2D eigenvalue weighted by molar-refractivity contribution is -0.127. The van der Waals surface area contributed by atoms with Gasteiger partial charge in [0.05, 0.1) is 34.9 Å². The second kappa shape index (κ2) is 13.4. The van der Waals surface area contributed by atoms with Gasteiger partial charge in [0, 0.05) is 44.4 Å². The normalized spacial score (nSPS) is 14.1. The van der Waals surface area contributed by atoms with Crippen molar-refractivity contribution in [3.05, 3.63) is 66.0 Å². The maximum absolute atomic E-state index is 13.8. The van der Waals surface area contributed by atoms with Gasteiger partial charge in [-0.1, -0.05) is 31.5 Å². The monoisotopic (exact) mass is 629 g/mol. The summed E-state index contributed by atoms with van der Waals surface area (Å²) < 4.78 is 14.2. The number of aromatic amines is 1. The quantitative estimate of drug-likeness (QED) is 0.175. The molecule has 4 heterocycles. The highest BCUT2D eigenvalue weighted by Gasteiger charge is 2.33. The summed E-state index contributed by atoms with van der Waals surface area (Å²) in [5.41, 5.74) is 0.349. The van der Waals surface area contributed by atoms with Crippen molar-refractivity contribution in [3.8, 4) is 11.6 Å². The summed E-state index contributed by atoms with van der Waals surface area (Å²) >= 11 is 0. The largest absolute Gasteiger partial charge is 0.485 e. The molecule has 1 aliphatic heterocycles. The fraction of sp³-hybridized carbons (Fsp3) is 0.471. The van der Waals surface area contributed by atoms with Crippen molar-refractivity contribution in [3.63, 3.8) is 0 Å². The number of ketones is 1. The van der Waals surface area contributed by atoms with E-state index in [-0.39, 0.29) is 30.2 Å². The number of aromatic nitrogens is 5. The van der Waals surface area contributed by atoms with Crippen LogP contribution in [-0.4, -0.2) is 96.1 Å². The van der Waals surface area contributed by atoms with Crippen molar-refractivity contribution in [1.82, 2.24) is 34.5 Å². The lowest BCUT2D eigenvalue weighted by atomic mass is 10.0. The van der Waals surface area contributed by atoms with E-state index in [1.165, 1.54) is 15.8 Å². The van der Waals surface area contributed by atoms with Crippen molar-refractivity contribution in [1.29, 1.82) is 0 Å². The summed E-state index contributed by atoms with van der Waals surface area (Å²) in [6, 6.07) is 9.03. The molecule has 1 aliphatic rings. The molecule has 0 bridgehead atoms. The average molecular weight is 630 g/mol. The van der Waals surface area contributed by atoms with Crippen LogP contribution in [0.15, 0.2) is 49.1 Å². The van der Waals surface area contributed by atoms with E-state index in [4.69, 9.17) is 9.47 Å². The third kappa shape index (κ3) is 7.28. The van der Waals surface area contributed by atoms with E-state index >= 15 is 0 Å². The molecule has 1 saturated heterocycles. The lowest BCUT2D eigenvalue weighted by Crippen LogP contribution is -2.52. The highest BCUT2D eigenvalue weighted by molar-refractivity contribution is 6.45. The van der Waals surface area contributed by atoms with E-state index in [9.17, 15) is 14.4 Å². The number of pyridine rings is 1. The number of carbonyl (C=O) groups excluding carboxylic acids is 3. The SMILES string of the molecule is CCCC(C)(C)OCCC(C)(C)Oc1cnc(-n2cnc(C)n2)c2[nH]cc(C(=O)C(=O)N3CCN(C(=O)c4ccccc4)CC3)c12. The predicted molar refractivity (Wildman–Crippen MR) is 173 cm³/mol. The van der Waals surface area contributed by atoms with Gasteiger partial charge in [0.2, 0.25) is 0 Å². The van der Waals surface area contributed by atoms with Gasteiger partial charge in [-0.05, 0) is 53.2 Å². The van der Waals surface area contributed by atoms with Crippen molar-refractivity contribution in [2.75, 3.05) is 32.8 Å². The molecule has 0 radical (unpaired) electrons. The van der Waals surface area contributed by atoms with E-state index in [1.807, 2.05) is 32.0 Å². The van der Waals surface area contributed by atoms with Crippen LogP contribution in [0.2, 0.25) is 0 Å². The second-order valence-corrected chi connectivity index (χ2v) is 12.9. The first-order valence-corrected chi connectivity index (χ1v) is 15.8. The van der Waals surface area contributed by atoms with Gasteiger partial charge in [-0.2, -0.15) is 5.10 Å². The second-order valence-electron chi connectivity index (χ2n) is 12.9. The standard InChI is InChI=1S/C34H43N7O5/c1-7-13-33(3,4)45-19-14-34(5,6)46-26-21-36-30(41-22-37-23(2)38-41)28-27(26)25(20-35-28)29(42)32(44)40-17-15-39(16-18-40)31(43)24-11-9-8-10-12-24/h8-12,20-22,35H,7,13-19H2,1-6H3. The molecular weight excluding hydrogens is 586 g/mol. The van der Waals surface area contributed by atoms with Gasteiger partial charge < -0.3 is 24.3 Å². The number of rotatable bonds is 12. The van der Waals surface area contributed by atoms with Gasteiger partial charge in [-0.25, -0.2) is 14.6 Å². The van der Waals surface area contributed by atoms with Crippen LogP contribution in [0.4, 0.5) is 0 Å². The van der Waals surface area contributed by atoms with Crippen molar-refractivity contribution < 1.29 is 23.9 Å². The van der Waals surface area contributed by atoms with E-state index < -0.39 is 17.3 Å².